The first-order chi connectivity index (χ1) is 19.7. The molecule has 1 saturated heterocycles. The molecule has 0 saturated carbocycles. The molecule has 0 unspecified atom stereocenters. The molecule has 218 valence electrons. The van der Waals surface area contributed by atoms with Gasteiger partial charge in [0.2, 0.25) is 5.91 Å². The van der Waals surface area contributed by atoms with E-state index in [0.717, 1.165) is 15.3 Å². The van der Waals surface area contributed by atoms with Gasteiger partial charge >= 0.3 is 0 Å². The van der Waals surface area contributed by atoms with Crippen molar-refractivity contribution in [1.29, 1.82) is 0 Å². The average Bonchev–Trinajstić information content (AvgIpc) is 3.43. The fraction of sp³-hybridized carbons (Fsp3) is 0.400. The van der Waals surface area contributed by atoms with Gasteiger partial charge in [0.1, 0.15) is 0 Å². The number of thioether (sulfide) groups is 1. The van der Waals surface area contributed by atoms with Crippen molar-refractivity contribution in [3.8, 4) is 0 Å². The van der Waals surface area contributed by atoms with Crippen molar-refractivity contribution >= 4 is 46.0 Å². The molecular formula is C30H37N5O4S2. The Kier molecular flexibility index (Phi) is 10.9. The third kappa shape index (κ3) is 8.62. The monoisotopic (exact) mass is 595 g/mol. The predicted molar refractivity (Wildman–Crippen MR) is 163 cm³/mol. The molecule has 11 heteroatoms. The first kappa shape index (κ1) is 30.7. The summed E-state index contributed by atoms with van der Waals surface area (Å²) in [5, 5.41) is 16.2. The van der Waals surface area contributed by atoms with E-state index in [9.17, 15) is 19.5 Å². The lowest BCUT2D eigenvalue weighted by Gasteiger charge is -2.34. The van der Waals surface area contributed by atoms with Gasteiger partial charge < -0.3 is 20.2 Å². The van der Waals surface area contributed by atoms with Crippen molar-refractivity contribution in [3.63, 3.8) is 0 Å². The number of carbonyl (C=O) groups excluding carboxylic acids is 3. The number of nitrogens with one attached hydrogen (secondary N) is 2. The number of hydrogen-bond acceptors (Lipinski definition) is 8. The molecule has 0 bridgehead atoms. The molecule has 1 fully saturated rings. The van der Waals surface area contributed by atoms with Gasteiger partial charge in [0, 0.05) is 62.6 Å². The number of aromatic nitrogens is 1. The first-order valence-electron chi connectivity index (χ1n) is 13.7. The van der Waals surface area contributed by atoms with Crippen LogP contribution in [0.2, 0.25) is 0 Å². The molecule has 3 N–H and O–H groups in total. The SMILES string of the molecule is CC(=O)N1CCN(C(=O)c2cccc(CSc3cnc(NC(=O)c4ccc(CN[C@@H](CO)C(C)C)cc4)s3)c2)CC1. The number of thiazole rings is 1. The van der Waals surface area contributed by atoms with Crippen molar-refractivity contribution in [1.82, 2.24) is 20.1 Å². The molecule has 0 spiro atoms. The van der Waals surface area contributed by atoms with Crippen LogP contribution in [0.5, 0.6) is 0 Å². The van der Waals surface area contributed by atoms with Crippen molar-refractivity contribution in [2.75, 3.05) is 38.1 Å². The number of amides is 3. The highest BCUT2D eigenvalue weighted by atomic mass is 32.2. The maximum absolute atomic E-state index is 13.0. The Labute approximate surface area is 249 Å². The van der Waals surface area contributed by atoms with Gasteiger partial charge in [-0.1, -0.05) is 49.4 Å². The maximum Gasteiger partial charge on any atom is 0.257 e. The molecule has 3 aromatic rings. The highest BCUT2D eigenvalue weighted by molar-refractivity contribution is 8.00. The van der Waals surface area contributed by atoms with Gasteiger partial charge in [0.15, 0.2) is 5.13 Å². The van der Waals surface area contributed by atoms with Crippen LogP contribution in [-0.4, -0.2) is 76.4 Å². The summed E-state index contributed by atoms with van der Waals surface area (Å²) in [6.45, 7) is 8.59. The van der Waals surface area contributed by atoms with Gasteiger partial charge in [-0.3, -0.25) is 19.7 Å². The minimum atomic E-state index is -0.221. The van der Waals surface area contributed by atoms with E-state index in [4.69, 9.17) is 0 Å². The number of anilines is 1. The molecule has 41 heavy (non-hydrogen) atoms. The molecule has 1 aromatic heterocycles. The highest BCUT2D eigenvalue weighted by Crippen LogP contribution is 2.31. The van der Waals surface area contributed by atoms with E-state index in [-0.39, 0.29) is 30.4 Å². The van der Waals surface area contributed by atoms with E-state index >= 15 is 0 Å². The lowest BCUT2D eigenvalue weighted by molar-refractivity contribution is -0.130. The number of carbonyl (C=O) groups is 3. The quantitative estimate of drug-likeness (QED) is 0.286. The number of nitrogens with zero attached hydrogens (tertiary/aromatic N) is 3. The second kappa shape index (κ2) is 14.6. The summed E-state index contributed by atoms with van der Waals surface area (Å²) >= 11 is 3.01. The number of piperazine rings is 1. The summed E-state index contributed by atoms with van der Waals surface area (Å²) < 4.78 is 0.961. The number of rotatable bonds is 11. The Bertz CT molecular complexity index is 1340. The van der Waals surface area contributed by atoms with Gasteiger partial charge in [-0.25, -0.2) is 4.98 Å². The van der Waals surface area contributed by atoms with Crippen LogP contribution >= 0.6 is 23.1 Å². The predicted octanol–water partition coefficient (Wildman–Crippen LogP) is 4.10. The third-order valence-corrected chi connectivity index (χ3v) is 9.24. The van der Waals surface area contributed by atoms with Crippen LogP contribution < -0.4 is 10.6 Å². The Balaban J connectivity index is 1.26. The van der Waals surface area contributed by atoms with Gasteiger partial charge in [0.05, 0.1) is 17.0 Å². The van der Waals surface area contributed by atoms with E-state index in [1.807, 2.05) is 36.4 Å². The largest absolute Gasteiger partial charge is 0.395 e. The zero-order valence-electron chi connectivity index (χ0n) is 23.6. The standard InChI is InChI=1S/C30H37N5O4S2/c1-20(2)26(18-36)31-16-22-7-9-24(10-8-22)28(38)33-30-32-17-27(41-30)40-19-23-5-4-6-25(15-23)29(39)35-13-11-34(12-14-35)21(3)37/h4-10,15,17,20,26,31,36H,11-14,16,18-19H2,1-3H3,(H,32,33,38)/t26-/m0/s1. The molecule has 3 amide bonds. The van der Waals surface area contributed by atoms with Crippen LogP contribution in [0.15, 0.2) is 58.9 Å². The molecule has 4 rings (SSSR count). The summed E-state index contributed by atoms with van der Waals surface area (Å²) in [4.78, 5) is 45.2. The molecular weight excluding hydrogens is 558 g/mol. The first-order valence-corrected chi connectivity index (χ1v) is 15.5. The Morgan fingerprint density at radius 3 is 2.37 bits per heavy atom. The summed E-state index contributed by atoms with van der Waals surface area (Å²) in [5.41, 5.74) is 3.25. The van der Waals surface area contributed by atoms with Crippen LogP contribution in [0.1, 0.15) is 52.6 Å². The third-order valence-electron chi connectivity index (χ3n) is 7.06. The molecule has 1 aliphatic rings. The van der Waals surface area contributed by atoms with Gasteiger partial charge in [-0.15, -0.1) is 11.8 Å². The van der Waals surface area contributed by atoms with E-state index in [2.05, 4.69) is 29.5 Å². The van der Waals surface area contributed by atoms with Crippen LogP contribution in [0.3, 0.4) is 0 Å². The van der Waals surface area contributed by atoms with Crippen molar-refractivity contribution < 1.29 is 19.5 Å². The van der Waals surface area contributed by atoms with Gasteiger partial charge in [-0.05, 0) is 41.3 Å². The van der Waals surface area contributed by atoms with Crippen LogP contribution in [-0.2, 0) is 17.1 Å². The zero-order valence-corrected chi connectivity index (χ0v) is 25.3. The highest BCUT2D eigenvalue weighted by Gasteiger charge is 2.23. The van der Waals surface area contributed by atoms with Gasteiger partial charge in [-0.2, -0.15) is 0 Å². The average molecular weight is 596 g/mol. The summed E-state index contributed by atoms with van der Waals surface area (Å²) in [6, 6.07) is 15.1. The number of aliphatic hydroxyl groups excluding tert-OH is 1. The number of hydrogen-bond donors (Lipinski definition) is 3. The number of aliphatic hydroxyl groups is 1. The second-order valence-corrected chi connectivity index (χ2v) is 12.6. The van der Waals surface area contributed by atoms with Crippen LogP contribution in [0, 0.1) is 5.92 Å². The van der Waals surface area contributed by atoms with E-state index in [0.29, 0.717) is 60.7 Å². The Hall–Kier alpha value is -3.25. The van der Waals surface area contributed by atoms with Crippen LogP contribution in [0.25, 0.3) is 0 Å². The van der Waals surface area contributed by atoms with Crippen LogP contribution in [0.4, 0.5) is 5.13 Å². The molecule has 0 aliphatic carbocycles. The number of benzene rings is 2. The minimum absolute atomic E-state index is 0.0166. The summed E-state index contributed by atoms with van der Waals surface area (Å²) in [6.07, 6.45) is 1.75. The fourth-order valence-corrected chi connectivity index (χ4v) is 6.25. The summed E-state index contributed by atoms with van der Waals surface area (Å²) in [7, 11) is 0. The van der Waals surface area contributed by atoms with Crippen molar-refractivity contribution in [2.24, 2.45) is 5.92 Å². The topological polar surface area (TPSA) is 115 Å². The van der Waals surface area contributed by atoms with Crippen molar-refractivity contribution in [2.45, 2.75) is 43.3 Å². The zero-order chi connectivity index (χ0) is 29.4. The minimum Gasteiger partial charge on any atom is -0.395 e. The second-order valence-electron chi connectivity index (χ2n) is 10.3. The Morgan fingerprint density at radius 1 is 1.00 bits per heavy atom. The van der Waals surface area contributed by atoms with E-state index < -0.39 is 0 Å². The normalized spacial score (nSPS) is 14.3. The fourth-order valence-electron chi connectivity index (χ4n) is 4.44. The molecule has 9 nitrogen and oxygen atoms in total. The molecule has 1 aliphatic heterocycles. The van der Waals surface area contributed by atoms with E-state index in [1.54, 1.807) is 46.8 Å². The smallest absolute Gasteiger partial charge is 0.257 e. The lowest BCUT2D eigenvalue weighted by Crippen LogP contribution is -2.50. The molecule has 0 radical (unpaired) electrons. The molecule has 2 aromatic carbocycles. The lowest BCUT2D eigenvalue weighted by atomic mass is 10.0. The molecule has 1 atom stereocenters. The van der Waals surface area contributed by atoms with Gasteiger partial charge in [0.25, 0.3) is 11.8 Å². The maximum atomic E-state index is 13.0. The molecule has 2 heterocycles. The van der Waals surface area contributed by atoms with Crippen molar-refractivity contribution in [3.05, 3.63) is 77.0 Å². The Morgan fingerprint density at radius 2 is 1.71 bits per heavy atom. The van der Waals surface area contributed by atoms with E-state index in [1.165, 1.54) is 11.3 Å². The summed E-state index contributed by atoms with van der Waals surface area (Å²) in [5.74, 6) is 0.795.